The molecule has 1 N–H and O–H groups in total. The first kappa shape index (κ1) is 29.9. The molecule has 2 amide bonds. The molecule has 3 aromatic rings. The third kappa shape index (κ3) is 7.47. The average molecular weight is 550 g/mol. The second-order valence-electron chi connectivity index (χ2n) is 9.84. The summed E-state index contributed by atoms with van der Waals surface area (Å²) in [4.78, 5) is 28.9. The largest absolute Gasteiger partial charge is 0.354 e. The van der Waals surface area contributed by atoms with Crippen molar-refractivity contribution in [2.45, 2.75) is 64.9 Å². The number of hydrogen-bond acceptors (Lipinski definition) is 4. The molecule has 8 heteroatoms. The van der Waals surface area contributed by atoms with E-state index in [1.165, 1.54) is 21.3 Å². The fourth-order valence-corrected chi connectivity index (χ4v) is 5.89. The van der Waals surface area contributed by atoms with Crippen LogP contribution in [0, 0.1) is 20.8 Å². The molecule has 0 unspecified atom stereocenters. The van der Waals surface area contributed by atoms with Gasteiger partial charge in [0.05, 0.1) is 10.6 Å². The summed E-state index contributed by atoms with van der Waals surface area (Å²) in [6.07, 6.45) is 1.16. The average Bonchev–Trinajstić information content (AvgIpc) is 2.93. The van der Waals surface area contributed by atoms with Crippen LogP contribution in [-0.2, 0) is 26.2 Å². The lowest BCUT2D eigenvalue weighted by molar-refractivity contribution is -0.140. The van der Waals surface area contributed by atoms with E-state index in [9.17, 15) is 18.0 Å². The number of sulfonamides is 1. The van der Waals surface area contributed by atoms with Crippen LogP contribution in [0.25, 0.3) is 0 Å². The minimum absolute atomic E-state index is 0.0940. The molecule has 0 aromatic heterocycles. The van der Waals surface area contributed by atoms with Gasteiger partial charge in [0.25, 0.3) is 10.0 Å². The van der Waals surface area contributed by atoms with Crippen LogP contribution in [0.3, 0.4) is 0 Å². The molecule has 0 aliphatic carbocycles. The molecule has 0 spiro atoms. The number of carbonyl (C=O) groups is 2. The van der Waals surface area contributed by atoms with E-state index in [1.807, 2.05) is 71.0 Å². The quantitative estimate of drug-likeness (QED) is 0.339. The van der Waals surface area contributed by atoms with Crippen LogP contribution >= 0.6 is 0 Å². The van der Waals surface area contributed by atoms with Crippen LogP contribution in [0.1, 0.15) is 48.9 Å². The Balaban J connectivity index is 2.07. The van der Waals surface area contributed by atoms with Crippen molar-refractivity contribution in [2.24, 2.45) is 0 Å². The second-order valence-corrected chi connectivity index (χ2v) is 11.7. The van der Waals surface area contributed by atoms with Gasteiger partial charge in [0.1, 0.15) is 12.6 Å². The van der Waals surface area contributed by atoms with Crippen LogP contribution < -0.4 is 9.62 Å². The van der Waals surface area contributed by atoms with Gasteiger partial charge in [-0.05, 0) is 68.5 Å². The Morgan fingerprint density at radius 3 is 2.13 bits per heavy atom. The van der Waals surface area contributed by atoms with Crippen molar-refractivity contribution in [1.82, 2.24) is 10.2 Å². The minimum atomic E-state index is -4.08. The fraction of sp³-hybridized carbons (Fsp3) is 0.355. The SMILES string of the molecule is CCCNC(=O)[C@H](CC)N(Cc1ccc(C)cc1)C(=O)CN(c1cc(C)ccc1C)S(=O)(=O)c1ccccc1. The Kier molecular flexibility index (Phi) is 10.3. The molecule has 3 rings (SSSR count). The van der Waals surface area contributed by atoms with E-state index in [1.54, 1.807) is 24.3 Å². The minimum Gasteiger partial charge on any atom is -0.354 e. The third-order valence-electron chi connectivity index (χ3n) is 6.65. The molecule has 39 heavy (non-hydrogen) atoms. The van der Waals surface area contributed by atoms with Gasteiger partial charge in [-0.15, -0.1) is 0 Å². The van der Waals surface area contributed by atoms with Gasteiger partial charge in [0.2, 0.25) is 11.8 Å². The molecule has 1 atom stereocenters. The highest BCUT2D eigenvalue weighted by Crippen LogP contribution is 2.28. The molecule has 7 nitrogen and oxygen atoms in total. The first-order valence-electron chi connectivity index (χ1n) is 13.4. The Bertz CT molecular complexity index is 1370. The number of anilines is 1. The summed E-state index contributed by atoms with van der Waals surface area (Å²) in [6.45, 7) is 9.75. The lowest BCUT2D eigenvalue weighted by Gasteiger charge is -2.33. The van der Waals surface area contributed by atoms with E-state index in [0.29, 0.717) is 18.7 Å². The summed E-state index contributed by atoms with van der Waals surface area (Å²) < 4.78 is 29.1. The van der Waals surface area contributed by atoms with E-state index in [-0.39, 0.29) is 17.3 Å². The van der Waals surface area contributed by atoms with Crippen LogP contribution in [0.15, 0.2) is 77.7 Å². The Hall–Kier alpha value is -3.65. The first-order chi connectivity index (χ1) is 18.6. The van der Waals surface area contributed by atoms with Crippen molar-refractivity contribution in [1.29, 1.82) is 0 Å². The highest BCUT2D eigenvalue weighted by atomic mass is 32.2. The third-order valence-corrected chi connectivity index (χ3v) is 8.43. The van der Waals surface area contributed by atoms with Gasteiger partial charge in [-0.3, -0.25) is 13.9 Å². The summed E-state index contributed by atoms with van der Waals surface area (Å²) in [5.74, 6) is -0.696. The van der Waals surface area contributed by atoms with E-state index in [4.69, 9.17) is 0 Å². The van der Waals surface area contributed by atoms with E-state index in [2.05, 4.69) is 5.32 Å². The maximum absolute atomic E-state index is 14.1. The second kappa shape index (κ2) is 13.4. The summed E-state index contributed by atoms with van der Waals surface area (Å²) in [6, 6.07) is 20.7. The Labute approximate surface area is 232 Å². The van der Waals surface area contributed by atoms with E-state index >= 15 is 0 Å². The van der Waals surface area contributed by atoms with E-state index in [0.717, 1.165) is 28.7 Å². The monoisotopic (exact) mass is 549 g/mol. The molecular formula is C31H39N3O4S. The molecule has 3 aromatic carbocycles. The Morgan fingerprint density at radius 2 is 1.51 bits per heavy atom. The molecule has 0 heterocycles. The van der Waals surface area contributed by atoms with Crippen molar-refractivity contribution in [2.75, 3.05) is 17.4 Å². The van der Waals surface area contributed by atoms with Gasteiger partial charge >= 0.3 is 0 Å². The topological polar surface area (TPSA) is 86.8 Å². The summed E-state index contributed by atoms with van der Waals surface area (Å²) in [5.41, 5.74) is 3.98. The smallest absolute Gasteiger partial charge is 0.264 e. The fourth-order valence-electron chi connectivity index (χ4n) is 4.40. The van der Waals surface area contributed by atoms with Crippen LogP contribution in [-0.4, -0.2) is 44.3 Å². The van der Waals surface area contributed by atoms with Crippen LogP contribution in [0.4, 0.5) is 5.69 Å². The van der Waals surface area contributed by atoms with Crippen molar-refractivity contribution in [3.8, 4) is 0 Å². The molecule has 0 bridgehead atoms. The zero-order chi connectivity index (χ0) is 28.6. The zero-order valence-electron chi connectivity index (χ0n) is 23.5. The normalized spacial score (nSPS) is 12.0. The van der Waals surface area contributed by atoms with Gasteiger partial charge < -0.3 is 10.2 Å². The first-order valence-corrected chi connectivity index (χ1v) is 14.8. The van der Waals surface area contributed by atoms with Crippen molar-refractivity contribution < 1.29 is 18.0 Å². The van der Waals surface area contributed by atoms with Gasteiger partial charge in [0, 0.05) is 13.1 Å². The number of benzene rings is 3. The lowest BCUT2D eigenvalue weighted by atomic mass is 10.1. The predicted molar refractivity (Wildman–Crippen MR) is 156 cm³/mol. The van der Waals surface area contributed by atoms with E-state index < -0.39 is 28.5 Å². The van der Waals surface area contributed by atoms with Crippen molar-refractivity contribution in [3.05, 3.63) is 95.1 Å². The molecule has 0 saturated carbocycles. The number of aryl methyl sites for hydroxylation is 3. The molecule has 0 fully saturated rings. The summed E-state index contributed by atoms with van der Waals surface area (Å²) >= 11 is 0. The molecule has 0 saturated heterocycles. The number of nitrogens with one attached hydrogen (secondary N) is 1. The molecule has 208 valence electrons. The van der Waals surface area contributed by atoms with Crippen molar-refractivity contribution >= 4 is 27.5 Å². The van der Waals surface area contributed by atoms with Crippen molar-refractivity contribution in [3.63, 3.8) is 0 Å². The van der Waals surface area contributed by atoms with Crippen LogP contribution in [0.5, 0.6) is 0 Å². The number of rotatable bonds is 12. The zero-order valence-corrected chi connectivity index (χ0v) is 24.3. The van der Waals surface area contributed by atoms with Crippen LogP contribution in [0.2, 0.25) is 0 Å². The highest BCUT2D eigenvalue weighted by molar-refractivity contribution is 7.92. The predicted octanol–water partition coefficient (Wildman–Crippen LogP) is 5.14. The Morgan fingerprint density at radius 1 is 0.872 bits per heavy atom. The maximum Gasteiger partial charge on any atom is 0.264 e. The van der Waals surface area contributed by atoms with Gasteiger partial charge in [-0.2, -0.15) is 0 Å². The summed E-state index contributed by atoms with van der Waals surface area (Å²) in [7, 11) is -4.08. The lowest BCUT2D eigenvalue weighted by Crippen LogP contribution is -2.52. The number of hydrogen-bond donors (Lipinski definition) is 1. The molecule has 0 aliphatic rings. The van der Waals surface area contributed by atoms with Gasteiger partial charge in [-0.25, -0.2) is 8.42 Å². The number of amides is 2. The van der Waals surface area contributed by atoms with Gasteiger partial charge in [-0.1, -0.05) is 74.0 Å². The number of nitrogens with zero attached hydrogens (tertiary/aromatic N) is 2. The molecule has 0 aliphatic heterocycles. The standard InChI is InChI=1S/C31H39N3O4S/c1-6-19-32-31(36)28(7-2)33(21-26-17-14-23(3)15-18-26)30(35)22-34(29-20-24(4)13-16-25(29)5)39(37,38)27-11-9-8-10-12-27/h8-18,20,28H,6-7,19,21-22H2,1-5H3,(H,32,36)/t28-/m0/s1. The molecular weight excluding hydrogens is 510 g/mol. The summed E-state index contributed by atoms with van der Waals surface area (Å²) in [5, 5.41) is 2.91. The highest BCUT2D eigenvalue weighted by Gasteiger charge is 2.34. The van der Waals surface area contributed by atoms with Gasteiger partial charge in [0.15, 0.2) is 0 Å². The number of carbonyl (C=O) groups excluding carboxylic acids is 2. The maximum atomic E-state index is 14.1. The molecule has 0 radical (unpaired) electrons.